The van der Waals surface area contributed by atoms with Crippen molar-refractivity contribution in [3.8, 4) is 16.9 Å². The Morgan fingerprint density at radius 1 is 1.03 bits per heavy atom. The van der Waals surface area contributed by atoms with Crippen LogP contribution in [-0.2, 0) is 11.2 Å². The third kappa shape index (κ3) is 5.56. The summed E-state index contributed by atoms with van der Waals surface area (Å²) >= 11 is 1.62. The molecule has 0 bridgehead atoms. The molecule has 0 atom stereocenters. The molecule has 1 fully saturated rings. The Balaban J connectivity index is 1.48. The molecule has 2 N–H and O–H groups in total. The van der Waals surface area contributed by atoms with Crippen LogP contribution < -0.4 is 10.1 Å². The van der Waals surface area contributed by atoms with Crippen molar-refractivity contribution in [3.63, 3.8) is 0 Å². The van der Waals surface area contributed by atoms with Gasteiger partial charge in [0.05, 0.1) is 18.6 Å². The molecule has 1 amide bonds. The summed E-state index contributed by atoms with van der Waals surface area (Å²) in [4.78, 5) is 26.5. The number of thiophene rings is 1. The molecule has 0 radical (unpaired) electrons. The Morgan fingerprint density at radius 2 is 1.69 bits per heavy atom. The number of aryl methyl sites for hydroxylation is 2. The van der Waals surface area contributed by atoms with E-state index in [0.717, 1.165) is 37.6 Å². The van der Waals surface area contributed by atoms with Gasteiger partial charge in [-0.2, -0.15) is 0 Å². The van der Waals surface area contributed by atoms with E-state index in [-0.39, 0.29) is 23.6 Å². The number of rotatable bonds is 7. The number of amides is 1. The summed E-state index contributed by atoms with van der Waals surface area (Å²) in [6.07, 6.45) is 3.20. The third-order valence-electron chi connectivity index (χ3n) is 6.84. The highest BCUT2D eigenvalue weighted by Gasteiger charge is 2.28. The Labute approximate surface area is 209 Å². The molecule has 3 aromatic rings. The highest BCUT2D eigenvalue weighted by molar-refractivity contribution is 7.12. The van der Waals surface area contributed by atoms with Gasteiger partial charge in [0.15, 0.2) is 11.6 Å². The maximum absolute atomic E-state index is 14.1. The minimum atomic E-state index is -0.746. The second kappa shape index (κ2) is 10.6. The van der Waals surface area contributed by atoms with Crippen molar-refractivity contribution >= 4 is 23.2 Å². The fraction of sp³-hybridized carbons (Fsp3) is 0.357. The Hall–Kier alpha value is -3.19. The fourth-order valence-corrected chi connectivity index (χ4v) is 5.92. The van der Waals surface area contributed by atoms with E-state index in [1.54, 1.807) is 17.4 Å². The quantitative estimate of drug-likeness (QED) is 0.413. The number of carbonyl (C=O) groups is 2. The smallest absolute Gasteiger partial charge is 0.306 e. The first kappa shape index (κ1) is 24.9. The summed E-state index contributed by atoms with van der Waals surface area (Å²) in [5, 5.41) is 12.4. The highest BCUT2D eigenvalue weighted by atomic mass is 32.1. The number of aliphatic carboxylic acids is 1. The molecule has 0 aliphatic heterocycles. The number of ether oxygens (including phenoxy) is 1. The van der Waals surface area contributed by atoms with Crippen LogP contribution in [-0.4, -0.2) is 30.1 Å². The van der Waals surface area contributed by atoms with E-state index in [9.17, 15) is 19.1 Å². The number of halogens is 1. The van der Waals surface area contributed by atoms with Gasteiger partial charge in [0.1, 0.15) is 0 Å². The molecule has 1 aliphatic rings. The topological polar surface area (TPSA) is 75.6 Å². The minimum absolute atomic E-state index is 0.00901. The normalized spacial score (nSPS) is 17.7. The molecule has 1 aromatic heterocycles. The van der Waals surface area contributed by atoms with Crippen molar-refractivity contribution in [1.82, 2.24) is 5.32 Å². The first-order valence-corrected chi connectivity index (χ1v) is 12.6. The minimum Gasteiger partial charge on any atom is -0.494 e. The molecule has 7 heteroatoms. The molecule has 1 heterocycles. The van der Waals surface area contributed by atoms with Gasteiger partial charge in [-0.15, -0.1) is 11.3 Å². The van der Waals surface area contributed by atoms with Crippen LogP contribution in [0.3, 0.4) is 0 Å². The van der Waals surface area contributed by atoms with Gasteiger partial charge in [-0.3, -0.25) is 9.59 Å². The predicted molar refractivity (Wildman–Crippen MR) is 136 cm³/mol. The van der Waals surface area contributed by atoms with Gasteiger partial charge in [0, 0.05) is 15.8 Å². The summed E-state index contributed by atoms with van der Waals surface area (Å²) < 4.78 is 19.1. The highest BCUT2D eigenvalue weighted by Crippen LogP contribution is 2.32. The molecule has 4 rings (SSSR count). The number of carboxylic acids is 1. The summed E-state index contributed by atoms with van der Waals surface area (Å²) in [6, 6.07) is 12.9. The van der Waals surface area contributed by atoms with Gasteiger partial charge in [0.25, 0.3) is 5.91 Å². The first-order chi connectivity index (χ1) is 16.8. The summed E-state index contributed by atoms with van der Waals surface area (Å²) in [5.74, 6) is -1.31. The van der Waals surface area contributed by atoms with Crippen LogP contribution in [0, 0.1) is 25.6 Å². The number of carbonyl (C=O) groups excluding carboxylic acids is 1. The van der Waals surface area contributed by atoms with E-state index in [1.807, 2.05) is 44.2 Å². The predicted octanol–water partition coefficient (Wildman–Crippen LogP) is 6.14. The second-order valence-corrected chi connectivity index (χ2v) is 10.6. The van der Waals surface area contributed by atoms with E-state index in [1.165, 1.54) is 13.2 Å². The van der Waals surface area contributed by atoms with Crippen LogP contribution in [0.2, 0.25) is 0 Å². The number of nitrogens with one attached hydrogen (secondary N) is 1. The molecular formula is C28H30FNO4S. The lowest BCUT2D eigenvalue weighted by atomic mass is 9.86. The maximum Gasteiger partial charge on any atom is 0.306 e. The summed E-state index contributed by atoms with van der Waals surface area (Å²) in [5.41, 5.74) is 4.50. The molecule has 2 aromatic carbocycles. The van der Waals surface area contributed by atoms with Crippen LogP contribution in [0.15, 0.2) is 42.5 Å². The number of methoxy groups -OCH3 is 1. The Bertz CT molecular complexity index is 1230. The average Bonchev–Trinajstić information content (AvgIpc) is 3.12. The fourth-order valence-electron chi connectivity index (χ4n) is 4.85. The van der Waals surface area contributed by atoms with E-state index >= 15 is 0 Å². The number of benzene rings is 2. The molecule has 0 saturated heterocycles. The SMILES string of the molecule is COc1ccc(-c2ccc(Cc3c(C)sc(C)c3C(=O)NC3CCC(C(=O)O)CC3)cc2)cc1F. The van der Waals surface area contributed by atoms with Crippen LogP contribution in [0.1, 0.15) is 56.9 Å². The number of carboxylic acid groups (broad SMARTS) is 1. The maximum atomic E-state index is 14.1. The lowest BCUT2D eigenvalue weighted by molar-refractivity contribution is -0.142. The van der Waals surface area contributed by atoms with Crippen molar-refractivity contribution in [2.24, 2.45) is 5.92 Å². The summed E-state index contributed by atoms with van der Waals surface area (Å²) in [6.45, 7) is 4.01. The molecule has 35 heavy (non-hydrogen) atoms. The van der Waals surface area contributed by atoms with Gasteiger partial charge in [-0.05, 0) is 80.3 Å². The van der Waals surface area contributed by atoms with Gasteiger partial charge in [-0.1, -0.05) is 30.3 Å². The largest absolute Gasteiger partial charge is 0.494 e. The van der Waals surface area contributed by atoms with Crippen molar-refractivity contribution in [1.29, 1.82) is 0 Å². The Kier molecular flexibility index (Phi) is 7.55. The monoisotopic (exact) mass is 495 g/mol. The van der Waals surface area contributed by atoms with E-state index in [2.05, 4.69) is 5.32 Å². The Morgan fingerprint density at radius 3 is 2.29 bits per heavy atom. The molecule has 1 aliphatic carbocycles. The van der Waals surface area contributed by atoms with Crippen LogP contribution in [0.25, 0.3) is 11.1 Å². The number of hydrogen-bond acceptors (Lipinski definition) is 4. The van der Waals surface area contributed by atoms with Crippen molar-refractivity contribution in [2.45, 2.75) is 52.0 Å². The van der Waals surface area contributed by atoms with E-state index in [4.69, 9.17) is 4.74 Å². The zero-order valence-corrected chi connectivity index (χ0v) is 21.0. The molecule has 5 nitrogen and oxygen atoms in total. The molecule has 0 unspecified atom stereocenters. The first-order valence-electron chi connectivity index (χ1n) is 11.8. The van der Waals surface area contributed by atoms with E-state index in [0.29, 0.717) is 32.1 Å². The van der Waals surface area contributed by atoms with Gasteiger partial charge >= 0.3 is 5.97 Å². The third-order valence-corrected chi connectivity index (χ3v) is 7.91. The number of hydrogen-bond donors (Lipinski definition) is 2. The van der Waals surface area contributed by atoms with Crippen molar-refractivity contribution < 1.29 is 23.8 Å². The van der Waals surface area contributed by atoms with Gasteiger partial charge < -0.3 is 15.2 Å². The standard InChI is InChI=1S/C28H30FNO4S/c1-16-23(14-18-4-6-19(7-5-18)21-10-13-25(34-3)24(29)15-21)26(17(2)35-16)27(31)30-22-11-8-20(9-12-22)28(32)33/h4-7,10,13,15,20,22H,8-9,11-12,14H2,1-3H3,(H,30,31)(H,32,33). The van der Waals surface area contributed by atoms with Crippen LogP contribution in [0.4, 0.5) is 4.39 Å². The van der Waals surface area contributed by atoms with Crippen LogP contribution in [0.5, 0.6) is 5.75 Å². The van der Waals surface area contributed by atoms with E-state index < -0.39 is 11.8 Å². The second-order valence-electron chi connectivity index (χ2n) is 9.15. The lowest BCUT2D eigenvalue weighted by Gasteiger charge is -2.27. The lowest BCUT2D eigenvalue weighted by Crippen LogP contribution is -2.39. The zero-order chi connectivity index (χ0) is 25.1. The van der Waals surface area contributed by atoms with Crippen molar-refractivity contribution in [2.75, 3.05) is 7.11 Å². The summed E-state index contributed by atoms with van der Waals surface area (Å²) in [7, 11) is 1.44. The molecular weight excluding hydrogens is 465 g/mol. The molecule has 1 saturated carbocycles. The van der Waals surface area contributed by atoms with Crippen LogP contribution >= 0.6 is 11.3 Å². The zero-order valence-electron chi connectivity index (χ0n) is 20.2. The van der Waals surface area contributed by atoms with Crippen molar-refractivity contribution in [3.05, 3.63) is 74.7 Å². The van der Waals surface area contributed by atoms with Gasteiger partial charge in [0.2, 0.25) is 0 Å². The van der Waals surface area contributed by atoms with Gasteiger partial charge in [-0.25, -0.2) is 4.39 Å². The molecule has 184 valence electrons. The average molecular weight is 496 g/mol. The molecule has 0 spiro atoms.